The third kappa shape index (κ3) is 5.91. The number of ether oxygens (including phenoxy) is 1. The predicted molar refractivity (Wildman–Crippen MR) is 110 cm³/mol. The molecule has 3 rings (SSSR count). The molecule has 2 amide bonds. The van der Waals surface area contributed by atoms with Crippen LogP contribution < -0.4 is 5.32 Å². The van der Waals surface area contributed by atoms with E-state index < -0.39 is 5.97 Å². The highest BCUT2D eigenvalue weighted by Crippen LogP contribution is 2.18. The summed E-state index contributed by atoms with van der Waals surface area (Å²) in [4.78, 5) is 38.9. The van der Waals surface area contributed by atoms with E-state index in [0.717, 1.165) is 18.4 Å². The van der Waals surface area contributed by atoms with Crippen molar-refractivity contribution in [2.45, 2.75) is 26.2 Å². The second-order valence-corrected chi connectivity index (χ2v) is 7.40. The molecule has 0 spiro atoms. The van der Waals surface area contributed by atoms with Crippen LogP contribution in [0.1, 0.15) is 35.7 Å². The van der Waals surface area contributed by atoms with E-state index in [0.29, 0.717) is 24.7 Å². The van der Waals surface area contributed by atoms with Crippen LogP contribution in [-0.2, 0) is 20.7 Å². The number of carbonyl (C=O) groups is 3. The number of likely N-dealkylation sites (tertiary alicyclic amines) is 1. The zero-order chi connectivity index (χ0) is 20.6. The molecule has 0 radical (unpaired) electrons. The van der Waals surface area contributed by atoms with Gasteiger partial charge in [-0.3, -0.25) is 9.59 Å². The number of piperidine rings is 1. The minimum atomic E-state index is -0.626. The van der Waals surface area contributed by atoms with E-state index in [1.165, 1.54) is 0 Å². The molecule has 1 aliphatic heterocycles. The maximum Gasteiger partial charge on any atom is 0.340 e. The Morgan fingerprint density at radius 2 is 1.66 bits per heavy atom. The Labute approximate surface area is 170 Å². The van der Waals surface area contributed by atoms with Gasteiger partial charge in [0, 0.05) is 13.1 Å². The number of para-hydroxylation sites is 1. The number of hydrogen-bond donors (Lipinski definition) is 1. The number of nitrogens with zero attached hydrogens (tertiary/aromatic N) is 1. The zero-order valence-electron chi connectivity index (χ0n) is 16.6. The van der Waals surface area contributed by atoms with E-state index in [-0.39, 0.29) is 30.4 Å². The van der Waals surface area contributed by atoms with Crippen LogP contribution in [0.15, 0.2) is 54.6 Å². The van der Waals surface area contributed by atoms with Gasteiger partial charge in [-0.2, -0.15) is 0 Å². The van der Waals surface area contributed by atoms with Gasteiger partial charge in [0.05, 0.1) is 17.7 Å². The molecule has 29 heavy (non-hydrogen) atoms. The lowest BCUT2D eigenvalue weighted by Crippen LogP contribution is -2.40. The highest BCUT2D eigenvalue weighted by molar-refractivity contribution is 6.02. The van der Waals surface area contributed by atoms with Gasteiger partial charge in [-0.1, -0.05) is 49.4 Å². The Hall–Kier alpha value is -3.15. The molecule has 0 unspecified atom stereocenters. The number of carbonyl (C=O) groups excluding carboxylic acids is 3. The molecular formula is C23H26N2O4. The lowest BCUT2D eigenvalue weighted by Gasteiger charge is -2.30. The lowest BCUT2D eigenvalue weighted by atomic mass is 9.99. The van der Waals surface area contributed by atoms with Gasteiger partial charge in [0.1, 0.15) is 0 Å². The smallest absolute Gasteiger partial charge is 0.340 e. The first-order chi connectivity index (χ1) is 14.0. The standard InChI is InChI=1S/C23H26N2O4/c1-17-11-13-25(14-12-17)22(27)16-29-23(28)19-9-5-6-10-20(19)24-21(26)15-18-7-3-2-4-8-18/h2-10,17H,11-16H2,1H3,(H,24,26). The predicted octanol–water partition coefficient (Wildman–Crippen LogP) is 3.28. The van der Waals surface area contributed by atoms with E-state index in [9.17, 15) is 14.4 Å². The summed E-state index contributed by atoms with van der Waals surface area (Å²) in [6.07, 6.45) is 2.14. The number of benzene rings is 2. The largest absolute Gasteiger partial charge is 0.452 e. The Bertz CT molecular complexity index is 858. The van der Waals surface area contributed by atoms with Gasteiger partial charge in [-0.05, 0) is 36.5 Å². The van der Waals surface area contributed by atoms with Crippen molar-refractivity contribution in [3.05, 3.63) is 65.7 Å². The minimum Gasteiger partial charge on any atom is -0.452 e. The van der Waals surface area contributed by atoms with E-state index in [1.807, 2.05) is 30.3 Å². The molecule has 0 saturated carbocycles. The van der Waals surface area contributed by atoms with Crippen molar-refractivity contribution in [1.82, 2.24) is 4.90 Å². The molecular weight excluding hydrogens is 368 g/mol. The molecule has 152 valence electrons. The van der Waals surface area contributed by atoms with E-state index >= 15 is 0 Å². The Morgan fingerprint density at radius 3 is 2.38 bits per heavy atom. The third-order valence-electron chi connectivity index (χ3n) is 5.09. The van der Waals surface area contributed by atoms with E-state index in [1.54, 1.807) is 29.2 Å². The second-order valence-electron chi connectivity index (χ2n) is 7.40. The maximum atomic E-state index is 12.5. The van der Waals surface area contributed by atoms with Crippen LogP contribution in [0.4, 0.5) is 5.69 Å². The van der Waals surface area contributed by atoms with Crippen LogP contribution in [0.25, 0.3) is 0 Å². The summed E-state index contributed by atoms with van der Waals surface area (Å²) >= 11 is 0. The number of rotatable bonds is 6. The van der Waals surface area contributed by atoms with Crippen LogP contribution in [-0.4, -0.2) is 42.4 Å². The molecule has 0 atom stereocenters. The molecule has 0 aliphatic carbocycles. The molecule has 1 saturated heterocycles. The van der Waals surface area contributed by atoms with Crippen LogP contribution in [0.3, 0.4) is 0 Å². The lowest BCUT2D eigenvalue weighted by molar-refractivity contribution is -0.135. The first kappa shape index (κ1) is 20.6. The SMILES string of the molecule is CC1CCN(C(=O)COC(=O)c2ccccc2NC(=O)Cc2ccccc2)CC1. The van der Waals surface area contributed by atoms with Crippen LogP contribution >= 0.6 is 0 Å². The van der Waals surface area contributed by atoms with Gasteiger partial charge in [-0.25, -0.2) is 4.79 Å². The average molecular weight is 394 g/mol. The van der Waals surface area contributed by atoms with Gasteiger partial charge in [0.2, 0.25) is 5.91 Å². The zero-order valence-corrected chi connectivity index (χ0v) is 16.6. The normalized spacial score (nSPS) is 14.3. The van der Waals surface area contributed by atoms with Gasteiger partial charge < -0.3 is 15.0 Å². The monoisotopic (exact) mass is 394 g/mol. The quantitative estimate of drug-likeness (QED) is 0.763. The van der Waals surface area contributed by atoms with E-state index in [4.69, 9.17) is 4.74 Å². The van der Waals surface area contributed by atoms with Crippen molar-refractivity contribution in [2.24, 2.45) is 5.92 Å². The van der Waals surface area contributed by atoms with Crippen molar-refractivity contribution in [3.63, 3.8) is 0 Å². The minimum absolute atomic E-state index is 0.184. The summed E-state index contributed by atoms with van der Waals surface area (Å²) in [5.41, 5.74) is 1.48. The summed E-state index contributed by atoms with van der Waals surface area (Å²) in [6, 6.07) is 16.0. The number of esters is 1. The molecule has 6 nitrogen and oxygen atoms in total. The Kier molecular flexibility index (Phi) is 7.00. The fourth-order valence-corrected chi connectivity index (χ4v) is 3.30. The average Bonchev–Trinajstić information content (AvgIpc) is 2.73. The van der Waals surface area contributed by atoms with Crippen molar-refractivity contribution >= 4 is 23.5 Å². The third-order valence-corrected chi connectivity index (χ3v) is 5.09. The highest BCUT2D eigenvalue weighted by Gasteiger charge is 2.22. The Balaban J connectivity index is 1.57. The topological polar surface area (TPSA) is 75.7 Å². The molecule has 0 aromatic heterocycles. The van der Waals surface area contributed by atoms with E-state index in [2.05, 4.69) is 12.2 Å². The summed E-state index contributed by atoms with van der Waals surface area (Å²) < 4.78 is 5.23. The van der Waals surface area contributed by atoms with Crippen molar-refractivity contribution in [3.8, 4) is 0 Å². The maximum absolute atomic E-state index is 12.5. The van der Waals surface area contributed by atoms with Gasteiger partial charge >= 0.3 is 5.97 Å². The van der Waals surface area contributed by atoms with Crippen LogP contribution in [0.5, 0.6) is 0 Å². The summed E-state index contributed by atoms with van der Waals surface area (Å²) in [5.74, 6) is -0.418. The van der Waals surface area contributed by atoms with Crippen LogP contribution in [0.2, 0.25) is 0 Å². The molecule has 1 N–H and O–H groups in total. The van der Waals surface area contributed by atoms with Crippen molar-refractivity contribution in [1.29, 1.82) is 0 Å². The highest BCUT2D eigenvalue weighted by atomic mass is 16.5. The number of amides is 2. The molecule has 2 aromatic carbocycles. The first-order valence-electron chi connectivity index (χ1n) is 9.90. The summed E-state index contributed by atoms with van der Waals surface area (Å²) in [5, 5.41) is 2.76. The second kappa shape index (κ2) is 9.87. The Morgan fingerprint density at radius 1 is 1.00 bits per heavy atom. The van der Waals surface area contributed by atoms with Crippen LogP contribution in [0, 0.1) is 5.92 Å². The molecule has 6 heteroatoms. The molecule has 1 fully saturated rings. The fraction of sp³-hybridized carbons (Fsp3) is 0.348. The van der Waals surface area contributed by atoms with Gasteiger partial charge in [0.25, 0.3) is 5.91 Å². The summed E-state index contributed by atoms with van der Waals surface area (Å²) in [6.45, 7) is 3.28. The van der Waals surface area contributed by atoms with Crippen molar-refractivity contribution < 1.29 is 19.1 Å². The number of nitrogens with one attached hydrogen (secondary N) is 1. The van der Waals surface area contributed by atoms with Gasteiger partial charge in [-0.15, -0.1) is 0 Å². The number of hydrogen-bond acceptors (Lipinski definition) is 4. The molecule has 1 heterocycles. The van der Waals surface area contributed by atoms with Crippen molar-refractivity contribution in [2.75, 3.05) is 25.0 Å². The first-order valence-corrected chi connectivity index (χ1v) is 9.90. The summed E-state index contributed by atoms with van der Waals surface area (Å²) in [7, 11) is 0. The molecule has 0 bridgehead atoms. The molecule has 2 aromatic rings. The van der Waals surface area contributed by atoms with Gasteiger partial charge in [0.15, 0.2) is 6.61 Å². The number of anilines is 1. The fourth-order valence-electron chi connectivity index (χ4n) is 3.30. The molecule has 1 aliphatic rings.